The highest BCUT2D eigenvalue weighted by Gasteiger charge is 2.31. The minimum absolute atomic E-state index is 0.164. The fourth-order valence-corrected chi connectivity index (χ4v) is 5.13. The number of halogens is 1. The number of nitrogens with zero attached hydrogens (tertiary/aromatic N) is 1. The molecule has 1 aliphatic rings. The van der Waals surface area contributed by atoms with E-state index in [1.807, 2.05) is 32.0 Å². The van der Waals surface area contributed by atoms with E-state index in [0.29, 0.717) is 31.7 Å². The predicted octanol–water partition coefficient (Wildman–Crippen LogP) is 5.48. The summed E-state index contributed by atoms with van der Waals surface area (Å²) in [6.07, 6.45) is 3.38. The largest absolute Gasteiger partial charge is 0.493 e. The second kappa shape index (κ2) is 11.0. The number of carbonyl (C=O) groups excluding carboxylic acids is 2. The van der Waals surface area contributed by atoms with Crippen LogP contribution in [0.25, 0.3) is 6.08 Å². The maximum Gasteiger partial charge on any atom is 0.266 e. The number of hydrogen-bond acceptors (Lipinski definition) is 6. The molecule has 1 aliphatic heterocycles. The lowest BCUT2D eigenvalue weighted by Gasteiger charge is -2.14. The molecule has 1 saturated heterocycles. The van der Waals surface area contributed by atoms with E-state index in [9.17, 15) is 9.59 Å². The van der Waals surface area contributed by atoms with Gasteiger partial charge in [0, 0.05) is 12.2 Å². The van der Waals surface area contributed by atoms with Crippen LogP contribution in [-0.2, 0) is 9.59 Å². The normalized spacial score (nSPS) is 14.5. The molecule has 0 aromatic heterocycles. The van der Waals surface area contributed by atoms with Crippen molar-refractivity contribution in [1.82, 2.24) is 4.90 Å². The molecular formula is C24H23BrN2O4S2. The van der Waals surface area contributed by atoms with E-state index in [-0.39, 0.29) is 18.4 Å². The summed E-state index contributed by atoms with van der Waals surface area (Å²) in [7, 11) is 1.51. The lowest BCUT2D eigenvalue weighted by molar-refractivity contribution is -0.121. The average Bonchev–Trinajstić information content (AvgIpc) is 2.99. The number of ether oxygens (including phenoxy) is 2. The molecule has 2 aromatic rings. The van der Waals surface area contributed by atoms with Crippen molar-refractivity contribution >= 4 is 67.8 Å². The molecule has 1 heterocycles. The molecule has 0 aliphatic carbocycles. The number of benzene rings is 2. The summed E-state index contributed by atoms with van der Waals surface area (Å²) in [6, 6.07) is 9.36. The summed E-state index contributed by atoms with van der Waals surface area (Å²) in [5.41, 5.74) is 3.57. The zero-order valence-electron chi connectivity index (χ0n) is 18.4. The van der Waals surface area contributed by atoms with Gasteiger partial charge < -0.3 is 14.8 Å². The number of thiocarbonyl (C=S) groups is 1. The number of nitrogens with one attached hydrogen (secondary N) is 1. The van der Waals surface area contributed by atoms with Crippen molar-refractivity contribution in [2.75, 3.05) is 25.6 Å². The van der Waals surface area contributed by atoms with Gasteiger partial charge in [0.1, 0.15) is 4.32 Å². The fourth-order valence-electron chi connectivity index (χ4n) is 3.28. The van der Waals surface area contributed by atoms with Gasteiger partial charge in [-0.15, -0.1) is 6.58 Å². The van der Waals surface area contributed by atoms with Crippen LogP contribution in [0, 0.1) is 13.8 Å². The number of rotatable bonds is 8. The molecule has 0 unspecified atom stereocenters. The first-order valence-electron chi connectivity index (χ1n) is 9.96. The zero-order valence-corrected chi connectivity index (χ0v) is 21.7. The van der Waals surface area contributed by atoms with Crippen molar-refractivity contribution in [1.29, 1.82) is 0 Å². The molecule has 1 N–H and O–H groups in total. The SMILES string of the molecule is C=CCN1C(=O)/C(=C/c2cc(Br)c(OCC(=O)Nc3cc(C)cc(C)c3)c(OC)c2)SC1=S. The van der Waals surface area contributed by atoms with Crippen LogP contribution < -0.4 is 14.8 Å². The van der Waals surface area contributed by atoms with Crippen molar-refractivity contribution in [2.45, 2.75) is 13.8 Å². The van der Waals surface area contributed by atoms with Crippen molar-refractivity contribution in [3.63, 3.8) is 0 Å². The Balaban J connectivity index is 1.74. The van der Waals surface area contributed by atoms with E-state index in [2.05, 4.69) is 27.8 Å². The zero-order chi connectivity index (χ0) is 24.1. The third-order valence-electron chi connectivity index (χ3n) is 4.59. The Morgan fingerprint density at radius 2 is 1.94 bits per heavy atom. The van der Waals surface area contributed by atoms with E-state index in [0.717, 1.165) is 22.4 Å². The molecule has 9 heteroatoms. The number of aryl methyl sites for hydroxylation is 2. The maximum atomic E-state index is 12.6. The van der Waals surface area contributed by atoms with Crippen LogP contribution in [0.4, 0.5) is 5.69 Å². The van der Waals surface area contributed by atoms with Crippen molar-refractivity contribution in [3.8, 4) is 11.5 Å². The Morgan fingerprint density at radius 1 is 1.24 bits per heavy atom. The van der Waals surface area contributed by atoms with Crippen LogP contribution >= 0.6 is 39.9 Å². The Bertz CT molecular complexity index is 1140. The molecule has 0 bridgehead atoms. The highest BCUT2D eigenvalue weighted by molar-refractivity contribution is 9.10. The summed E-state index contributed by atoms with van der Waals surface area (Å²) < 4.78 is 12.3. The molecule has 2 amide bonds. The number of amides is 2. The quantitative estimate of drug-likeness (QED) is 0.268. The number of hydrogen-bond donors (Lipinski definition) is 1. The van der Waals surface area contributed by atoms with Gasteiger partial charge in [0.05, 0.1) is 16.5 Å². The van der Waals surface area contributed by atoms with Gasteiger partial charge in [0.15, 0.2) is 18.1 Å². The molecule has 0 spiro atoms. The predicted molar refractivity (Wildman–Crippen MR) is 141 cm³/mol. The summed E-state index contributed by atoms with van der Waals surface area (Å²) in [5, 5.41) is 2.84. The molecular weight excluding hydrogens is 524 g/mol. The minimum atomic E-state index is -0.288. The van der Waals surface area contributed by atoms with Gasteiger partial charge in [-0.05, 0) is 76.8 Å². The summed E-state index contributed by atoms with van der Waals surface area (Å²) >= 11 is 10.00. The molecule has 172 valence electrons. The Hall–Kier alpha value is -2.62. The fraction of sp³-hybridized carbons (Fsp3) is 0.208. The Labute approximate surface area is 211 Å². The van der Waals surface area contributed by atoms with Crippen LogP contribution in [-0.4, -0.2) is 41.3 Å². The summed E-state index contributed by atoms with van der Waals surface area (Å²) in [4.78, 5) is 27.0. The minimum Gasteiger partial charge on any atom is -0.493 e. The second-order valence-electron chi connectivity index (χ2n) is 7.33. The van der Waals surface area contributed by atoms with Crippen LogP contribution in [0.1, 0.15) is 16.7 Å². The second-order valence-corrected chi connectivity index (χ2v) is 9.86. The topological polar surface area (TPSA) is 67.9 Å². The lowest BCUT2D eigenvalue weighted by Crippen LogP contribution is -2.27. The van der Waals surface area contributed by atoms with Crippen LogP contribution in [0.15, 0.2) is 52.4 Å². The van der Waals surface area contributed by atoms with Gasteiger partial charge in [0.25, 0.3) is 11.8 Å². The van der Waals surface area contributed by atoms with E-state index in [1.54, 1.807) is 24.3 Å². The van der Waals surface area contributed by atoms with Gasteiger partial charge >= 0.3 is 0 Å². The van der Waals surface area contributed by atoms with Gasteiger partial charge in [0.2, 0.25) is 0 Å². The highest BCUT2D eigenvalue weighted by Crippen LogP contribution is 2.39. The first-order chi connectivity index (χ1) is 15.7. The molecule has 0 radical (unpaired) electrons. The van der Waals surface area contributed by atoms with Crippen molar-refractivity contribution in [2.24, 2.45) is 0 Å². The van der Waals surface area contributed by atoms with Crippen molar-refractivity contribution < 1.29 is 19.1 Å². The standard InChI is InChI=1S/C24H23BrN2O4S2/c1-5-6-27-23(29)20(33-24(27)32)12-16-10-18(25)22(19(11-16)30-4)31-13-21(28)26-17-8-14(2)7-15(3)9-17/h5,7-12H,1,6,13H2,2-4H3,(H,26,28)/b20-12-. The van der Waals surface area contributed by atoms with E-state index < -0.39 is 0 Å². The number of methoxy groups -OCH3 is 1. The first kappa shape index (κ1) is 25.0. The third kappa shape index (κ3) is 6.25. The molecule has 33 heavy (non-hydrogen) atoms. The summed E-state index contributed by atoms with van der Waals surface area (Å²) in [6.45, 7) is 7.78. The van der Waals surface area contributed by atoms with Gasteiger partial charge in [-0.2, -0.15) is 0 Å². The molecule has 0 saturated carbocycles. The van der Waals surface area contributed by atoms with E-state index in [4.69, 9.17) is 21.7 Å². The highest BCUT2D eigenvalue weighted by atomic mass is 79.9. The van der Waals surface area contributed by atoms with Crippen LogP contribution in [0.2, 0.25) is 0 Å². The van der Waals surface area contributed by atoms with Gasteiger partial charge in [-0.25, -0.2) is 0 Å². The Kier molecular flexibility index (Phi) is 8.34. The number of carbonyl (C=O) groups is 2. The number of anilines is 1. The van der Waals surface area contributed by atoms with Crippen LogP contribution in [0.3, 0.4) is 0 Å². The van der Waals surface area contributed by atoms with Crippen LogP contribution in [0.5, 0.6) is 11.5 Å². The van der Waals surface area contributed by atoms with Gasteiger partial charge in [-0.3, -0.25) is 14.5 Å². The summed E-state index contributed by atoms with van der Waals surface area (Å²) in [5.74, 6) is 0.369. The van der Waals surface area contributed by atoms with Crippen molar-refractivity contribution in [3.05, 3.63) is 69.1 Å². The Morgan fingerprint density at radius 3 is 2.58 bits per heavy atom. The lowest BCUT2D eigenvalue weighted by atomic mass is 10.1. The molecule has 3 rings (SSSR count). The van der Waals surface area contributed by atoms with Gasteiger partial charge in [-0.1, -0.05) is 36.1 Å². The van der Waals surface area contributed by atoms with E-state index >= 15 is 0 Å². The molecule has 1 fully saturated rings. The average molecular weight is 547 g/mol. The first-order valence-corrected chi connectivity index (χ1v) is 12.0. The maximum absolute atomic E-state index is 12.6. The van der Waals surface area contributed by atoms with E-state index in [1.165, 1.54) is 23.8 Å². The smallest absolute Gasteiger partial charge is 0.266 e. The third-order valence-corrected chi connectivity index (χ3v) is 6.55. The monoisotopic (exact) mass is 546 g/mol. The molecule has 2 aromatic carbocycles. The number of thioether (sulfide) groups is 1. The molecule has 0 atom stereocenters. The molecule has 6 nitrogen and oxygen atoms in total.